The second kappa shape index (κ2) is 8.35. The Kier molecular flexibility index (Phi) is 6.77. The lowest BCUT2D eigenvalue weighted by Crippen LogP contribution is -2.27. The van der Waals surface area contributed by atoms with E-state index in [4.69, 9.17) is 5.11 Å². The van der Waals surface area contributed by atoms with Gasteiger partial charge in [0, 0.05) is 19.4 Å². The maximum absolute atomic E-state index is 11.6. The minimum Gasteiger partial charge on any atom is -0.481 e. The summed E-state index contributed by atoms with van der Waals surface area (Å²) in [5.41, 5.74) is 1.26. The molecule has 0 saturated heterocycles. The lowest BCUT2D eigenvalue weighted by atomic mass is 9.98. The molecule has 1 rings (SSSR count). The molecule has 0 fully saturated rings. The average Bonchev–Trinajstić information content (AvgIpc) is 2.38. The lowest BCUT2D eigenvalue weighted by Gasteiger charge is -2.13. The molecular weight excluding hydrogens is 254 g/mol. The van der Waals surface area contributed by atoms with Crippen LogP contribution in [0.5, 0.6) is 0 Å². The Morgan fingerprint density at radius 1 is 1.15 bits per heavy atom. The third-order valence-electron chi connectivity index (χ3n) is 3.33. The molecule has 0 aliphatic heterocycles. The van der Waals surface area contributed by atoms with Crippen LogP contribution >= 0.6 is 0 Å². The Labute approximate surface area is 120 Å². The molecule has 1 amide bonds. The van der Waals surface area contributed by atoms with Crippen LogP contribution in [0.25, 0.3) is 0 Å². The van der Waals surface area contributed by atoms with Crippen molar-refractivity contribution in [2.45, 2.75) is 39.0 Å². The number of nitrogens with one attached hydrogen (secondary N) is 1. The predicted octanol–water partition coefficient (Wildman–Crippen LogP) is 2.80. The molecule has 0 spiro atoms. The van der Waals surface area contributed by atoms with Crippen molar-refractivity contribution >= 4 is 11.9 Å². The van der Waals surface area contributed by atoms with Gasteiger partial charge in [-0.2, -0.15) is 0 Å². The molecular formula is C16H23NO3. The van der Waals surface area contributed by atoms with Crippen LogP contribution in [0.1, 0.15) is 44.6 Å². The van der Waals surface area contributed by atoms with E-state index in [1.807, 2.05) is 18.2 Å². The van der Waals surface area contributed by atoms with Crippen molar-refractivity contribution in [3.63, 3.8) is 0 Å². The van der Waals surface area contributed by atoms with Crippen molar-refractivity contribution in [3.05, 3.63) is 35.9 Å². The van der Waals surface area contributed by atoms with Crippen LogP contribution in [-0.2, 0) is 9.59 Å². The molecule has 1 aromatic carbocycles. The number of carbonyl (C=O) groups is 2. The first-order valence-corrected chi connectivity index (χ1v) is 7.02. The Hall–Kier alpha value is -1.84. The molecule has 1 aromatic rings. The molecule has 2 atom stereocenters. The van der Waals surface area contributed by atoms with Crippen LogP contribution in [0, 0.1) is 5.92 Å². The normalized spacial score (nSPS) is 13.5. The van der Waals surface area contributed by atoms with Crippen molar-refractivity contribution in [1.82, 2.24) is 5.32 Å². The Balaban J connectivity index is 2.23. The fourth-order valence-corrected chi connectivity index (χ4v) is 2.14. The topological polar surface area (TPSA) is 66.4 Å². The van der Waals surface area contributed by atoms with Gasteiger partial charge in [-0.3, -0.25) is 9.59 Å². The van der Waals surface area contributed by atoms with Crippen molar-refractivity contribution in [2.75, 3.05) is 6.54 Å². The largest absolute Gasteiger partial charge is 0.481 e. The third kappa shape index (κ3) is 6.36. The summed E-state index contributed by atoms with van der Waals surface area (Å²) in [4.78, 5) is 22.2. The van der Waals surface area contributed by atoms with Gasteiger partial charge in [-0.15, -0.1) is 0 Å². The van der Waals surface area contributed by atoms with Gasteiger partial charge in [-0.25, -0.2) is 0 Å². The molecule has 0 aliphatic rings. The maximum Gasteiger partial charge on any atom is 0.303 e. The first kappa shape index (κ1) is 16.2. The highest BCUT2D eigenvalue weighted by molar-refractivity contribution is 5.77. The van der Waals surface area contributed by atoms with Crippen LogP contribution in [-0.4, -0.2) is 23.5 Å². The number of carbonyl (C=O) groups excluding carboxylic acids is 1. The van der Waals surface area contributed by atoms with E-state index < -0.39 is 5.97 Å². The molecule has 20 heavy (non-hydrogen) atoms. The van der Waals surface area contributed by atoms with Crippen molar-refractivity contribution in [2.24, 2.45) is 5.92 Å². The number of benzene rings is 1. The van der Waals surface area contributed by atoms with Crippen molar-refractivity contribution < 1.29 is 14.7 Å². The highest BCUT2D eigenvalue weighted by Gasteiger charge is 2.12. The molecule has 0 saturated carbocycles. The van der Waals surface area contributed by atoms with E-state index in [1.54, 1.807) is 6.92 Å². The third-order valence-corrected chi connectivity index (χ3v) is 3.33. The monoisotopic (exact) mass is 277 g/mol. The van der Waals surface area contributed by atoms with Gasteiger partial charge in [-0.05, 0) is 23.8 Å². The summed E-state index contributed by atoms with van der Waals surface area (Å²) in [5, 5.41) is 11.5. The summed E-state index contributed by atoms with van der Waals surface area (Å²) in [7, 11) is 0. The van der Waals surface area contributed by atoms with E-state index in [1.165, 1.54) is 5.56 Å². The van der Waals surface area contributed by atoms with E-state index in [-0.39, 0.29) is 24.7 Å². The molecule has 0 heterocycles. The molecule has 0 aliphatic carbocycles. The van der Waals surface area contributed by atoms with Gasteiger partial charge >= 0.3 is 5.97 Å². The number of rotatable bonds is 8. The van der Waals surface area contributed by atoms with E-state index in [9.17, 15) is 9.59 Å². The molecule has 2 N–H and O–H groups in total. The summed E-state index contributed by atoms with van der Waals surface area (Å²) in [5.74, 6) is -0.658. The molecule has 110 valence electrons. The fourth-order valence-electron chi connectivity index (χ4n) is 2.14. The van der Waals surface area contributed by atoms with Crippen LogP contribution in [0.2, 0.25) is 0 Å². The zero-order valence-corrected chi connectivity index (χ0v) is 12.1. The number of aliphatic carboxylic acids is 1. The Morgan fingerprint density at radius 2 is 1.80 bits per heavy atom. The summed E-state index contributed by atoms with van der Waals surface area (Å²) in [6, 6.07) is 10.2. The number of amides is 1. The van der Waals surface area contributed by atoms with Gasteiger partial charge < -0.3 is 10.4 Å². The molecule has 4 heteroatoms. The van der Waals surface area contributed by atoms with Crippen LogP contribution in [0.4, 0.5) is 0 Å². The Morgan fingerprint density at radius 3 is 2.40 bits per heavy atom. The number of hydrogen-bond donors (Lipinski definition) is 2. The summed E-state index contributed by atoms with van der Waals surface area (Å²) in [6.45, 7) is 4.53. The summed E-state index contributed by atoms with van der Waals surface area (Å²) < 4.78 is 0. The van der Waals surface area contributed by atoms with Crippen molar-refractivity contribution in [1.29, 1.82) is 0 Å². The maximum atomic E-state index is 11.6. The quantitative estimate of drug-likeness (QED) is 0.768. The second-order valence-corrected chi connectivity index (χ2v) is 5.36. The highest BCUT2D eigenvalue weighted by Crippen LogP contribution is 2.17. The average molecular weight is 277 g/mol. The molecule has 4 nitrogen and oxygen atoms in total. The van der Waals surface area contributed by atoms with Gasteiger partial charge in [0.15, 0.2) is 0 Å². The van der Waals surface area contributed by atoms with Gasteiger partial charge in [0.25, 0.3) is 0 Å². The van der Waals surface area contributed by atoms with Crippen molar-refractivity contribution in [3.8, 4) is 0 Å². The molecule has 0 bridgehead atoms. The molecule has 2 unspecified atom stereocenters. The van der Waals surface area contributed by atoms with Gasteiger partial charge in [0.2, 0.25) is 5.91 Å². The first-order chi connectivity index (χ1) is 9.49. The van der Waals surface area contributed by atoms with Crippen LogP contribution < -0.4 is 5.32 Å². The second-order valence-electron chi connectivity index (χ2n) is 5.36. The predicted molar refractivity (Wildman–Crippen MR) is 78.5 cm³/mol. The Bertz CT molecular complexity index is 431. The molecule has 0 radical (unpaired) electrons. The first-order valence-electron chi connectivity index (χ1n) is 7.02. The van der Waals surface area contributed by atoms with Gasteiger partial charge in [-0.1, -0.05) is 44.2 Å². The minimum atomic E-state index is -0.858. The summed E-state index contributed by atoms with van der Waals surface area (Å²) in [6.07, 6.45) is 1.18. The molecule has 0 aromatic heterocycles. The number of hydrogen-bond acceptors (Lipinski definition) is 2. The lowest BCUT2D eigenvalue weighted by molar-refractivity contribution is -0.138. The van der Waals surface area contributed by atoms with E-state index in [0.717, 1.165) is 6.42 Å². The number of carboxylic acids is 1. The zero-order chi connectivity index (χ0) is 15.0. The zero-order valence-electron chi connectivity index (χ0n) is 12.1. The minimum absolute atomic E-state index is 0.0356. The van der Waals surface area contributed by atoms with Crippen LogP contribution in [0.15, 0.2) is 30.3 Å². The smallest absolute Gasteiger partial charge is 0.303 e. The van der Waals surface area contributed by atoms with E-state index in [0.29, 0.717) is 12.5 Å². The summed E-state index contributed by atoms with van der Waals surface area (Å²) >= 11 is 0. The van der Waals surface area contributed by atoms with E-state index >= 15 is 0 Å². The SMILES string of the molecule is CC(CC(=O)O)CC(=O)NCCC(C)c1ccccc1. The van der Waals surface area contributed by atoms with Gasteiger partial charge in [0.1, 0.15) is 0 Å². The number of carboxylic acid groups (broad SMARTS) is 1. The fraction of sp³-hybridized carbons (Fsp3) is 0.500. The van der Waals surface area contributed by atoms with Gasteiger partial charge in [0.05, 0.1) is 0 Å². The highest BCUT2D eigenvalue weighted by atomic mass is 16.4. The van der Waals surface area contributed by atoms with E-state index in [2.05, 4.69) is 24.4 Å². The van der Waals surface area contributed by atoms with Crippen LogP contribution in [0.3, 0.4) is 0 Å². The standard InChI is InChI=1S/C16H23NO3/c1-12(11-16(19)20)10-15(18)17-9-8-13(2)14-6-4-3-5-7-14/h3-7,12-13H,8-11H2,1-2H3,(H,17,18)(H,19,20).